The third-order valence-electron chi connectivity index (χ3n) is 5.18. The van der Waals surface area contributed by atoms with Crippen molar-refractivity contribution in [1.82, 2.24) is 9.88 Å². The number of nitrogens with one attached hydrogen (secondary N) is 1. The van der Waals surface area contributed by atoms with Gasteiger partial charge in [0.25, 0.3) is 0 Å². The van der Waals surface area contributed by atoms with Crippen LogP contribution in [0.1, 0.15) is 31.2 Å². The van der Waals surface area contributed by atoms with Crippen LogP contribution in [0.15, 0.2) is 36.5 Å². The number of hydrogen-bond donors (Lipinski definition) is 1. The van der Waals surface area contributed by atoms with Crippen LogP contribution < -0.4 is 10.1 Å². The lowest BCUT2D eigenvalue weighted by atomic mass is 10.1. The average molecular weight is 337 g/mol. The predicted octanol–water partition coefficient (Wildman–Crippen LogP) is 3.97. The second-order valence-corrected chi connectivity index (χ2v) is 7.04. The summed E-state index contributed by atoms with van der Waals surface area (Å²) < 4.78 is 5.91. The summed E-state index contributed by atoms with van der Waals surface area (Å²) in [6, 6.07) is 10.7. The molecule has 4 rings (SSSR count). The molecule has 2 aromatic rings. The van der Waals surface area contributed by atoms with E-state index >= 15 is 0 Å². The number of rotatable bonds is 6. The molecule has 0 amide bonds. The van der Waals surface area contributed by atoms with Crippen molar-refractivity contribution in [2.75, 3.05) is 38.1 Å². The summed E-state index contributed by atoms with van der Waals surface area (Å²) in [6.45, 7) is 5.48. The maximum absolute atomic E-state index is 5.91. The lowest BCUT2D eigenvalue weighted by Crippen LogP contribution is -2.31. The number of aromatic nitrogens is 1. The van der Waals surface area contributed by atoms with Gasteiger partial charge in [-0.2, -0.15) is 0 Å². The first-order valence-electron chi connectivity index (χ1n) is 9.57. The number of hydrogen-bond acceptors (Lipinski definition) is 4. The normalized spacial score (nSPS) is 17.1. The summed E-state index contributed by atoms with van der Waals surface area (Å²) in [5.41, 5.74) is 3.69. The van der Waals surface area contributed by atoms with E-state index in [1.54, 1.807) is 0 Å². The van der Waals surface area contributed by atoms with Crippen LogP contribution in [0.5, 0.6) is 5.75 Å². The van der Waals surface area contributed by atoms with Gasteiger partial charge in [-0.3, -0.25) is 0 Å². The fraction of sp³-hybridized carbons (Fsp3) is 0.476. The van der Waals surface area contributed by atoms with Gasteiger partial charge in [0.2, 0.25) is 0 Å². The van der Waals surface area contributed by atoms with Crippen LogP contribution in [0.25, 0.3) is 11.1 Å². The van der Waals surface area contributed by atoms with Crippen LogP contribution in [0.4, 0.5) is 5.82 Å². The Labute approximate surface area is 150 Å². The van der Waals surface area contributed by atoms with E-state index in [-0.39, 0.29) is 0 Å². The lowest BCUT2D eigenvalue weighted by molar-refractivity contribution is 0.205. The van der Waals surface area contributed by atoms with Gasteiger partial charge in [-0.15, -0.1) is 0 Å². The fourth-order valence-electron chi connectivity index (χ4n) is 3.74. The Bertz CT molecular complexity index is 693. The molecule has 1 aromatic carbocycles. The highest BCUT2D eigenvalue weighted by molar-refractivity contribution is 5.67. The quantitative estimate of drug-likeness (QED) is 0.809. The number of piperidine rings is 1. The molecule has 1 fully saturated rings. The Hall–Kier alpha value is -2.07. The number of nitrogens with zero attached hydrogens (tertiary/aromatic N) is 2. The molecule has 0 aliphatic carbocycles. The topological polar surface area (TPSA) is 37.4 Å². The molecular formula is C21H27N3O. The highest BCUT2D eigenvalue weighted by Crippen LogP contribution is 2.27. The maximum Gasteiger partial charge on any atom is 0.129 e. The SMILES string of the molecule is c1cc(-c2cnc3c(c2)CCN3)ccc1OCCCN1CCCCC1. The number of likely N-dealkylation sites (tertiary alicyclic amines) is 1. The molecule has 0 unspecified atom stereocenters. The number of ether oxygens (including phenoxy) is 1. The van der Waals surface area contributed by atoms with E-state index in [0.29, 0.717) is 0 Å². The number of anilines is 1. The third-order valence-corrected chi connectivity index (χ3v) is 5.18. The van der Waals surface area contributed by atoms with Gasteiger partial charge >= 0.3 is 0 Å². The molecule has 4 heteroatoms. The molecule has 0 atom stereocenters. The number of pyridine rings is 1. The second-order valence-electron chi connectivity index (χ2n) is 7.04. The Morgan fingerprint density at radius 3 is 2.72 bits per heavy atom. The van der Waals surface area contributed by atoms with E-state index < -0.39 is 0 Å². The van der Waals surface area contributed by atoms with E-state index in [4.69, 9.17) is 4.74 Å². The smallest absolute Gasteiger partial charge is 0.129 e. The first-order chi connectivity index (χ1) is 12.4. The molecular weight excluding hydrogens is 310 g/mol. The van der Waals surface area contributed by atoms with Gasteiger partial charge in [0.1, 0.15) is 11.6 Å². The van der Waals surface area contributed by atoms with Crippen molar-refractivity contribution in [3.63, 3.8) is 0 Å². The fourth-order valence-corrected chi connectivity index (χ4v) is 3.74. The monoisotopic (exact) mass is 337 g/mol. The van der Waals surface area contributed by atoms with Gasteiger partial charge in [-0.05, 0) is 68.1 Å². The molecule has 0 spiro atoms. The molecule has 1 saturated heterocycles. The van der Waals surface area contributed by atoms with E-state index in [1.807, 2.05) is 6.20 Å². The standard InChI is InChI=1S/C21H27N3O/c1-2-11-24(12-3-1)13-4-14-25-20-7-5-17(6-8-20)19-15-18-9-10-22-21(18)23-16-19/h5-8,15-16H,1-4,9-14H2,(H,22,23). The van der Waals surface area contributed by atoms with E-state index in [9.17, 15) is 0 Å². The molecule has 3 heterocycles. The Morgan fingerprint density at radius 1 is 1.04 bits per heavy atom. The zero-order valence-electron chi connectivity index (χ0n) is 14.8. The Morgan fingerprint density at radius 2 is 1.88 bits per heavy atom. The molecule has 4 nitrogen and oxygen atoms in total. The highest BCUT2D eigenvalue weighted by Gasteiger charge is 2.12. The molecule has 25 heavy (non-hydrogen) atoms. The molecule has 1 N–H and O–H groups in total. The summed E-state index contributed by atoms with van der Waals surface area (Å²) in [4.78, 5) is 7.08. The predicted molar refractivity (Wildman–Crippen MR) is 102 cm³/mol. The van der Waals surface area contributed by atoms with Crippen molar-refractivity contribution < 1.29 is 4.74 Å². The minimum absolute atomic E-state index is 0.794. The van der Waals surface area contributed by atoms with Gasteiger partial charge < -0.3 is 15.0 Å². The average Bonchev–Trinajstić information content (AvgIpc) is 3.14. The number of benzene rings is 1. The van der Waals surface area contributed by atoms with Gasteiger partial charge in [-0.1, -0.05) is 18.6 Å². The Balaban J connectivity index is 1.28. The molecule has 0 radical (unpaired) electrons. The Kier molecular flexibility index (Phi) is 5.17. The summed E-state index contributed by atoms with van der Waals surface area (Å²) in [7, 11) is 0. The molecule has 2 aliphatic rings. The van der Waals surface area contributed by atoms with Gasteiger partial charge in [0.15, 0.2) is 0 Å². The minimum Gasteiger partial charge on any atom is -0.494 e. The second kappa shape index (κ2) is 7.87. The zero-order chi connectivity index (χ0) is 16.9. The molecule has 1 aromatic heterocycles. The summed E-state index contributed by atoms with van der Waals surface area (Å²) in [5.74, 6) is 2.00. The highest BCUT2D eigenvalue weighted by atomic mass is 16.5. The molecule has 2 aliphatic heterocycles. The van der Waals surface area contributed by atoms with Crippen LogP contribution >= 0.6 is 0 Å². The summed E-state index contributed by atoms with van der Waals surface area (Å²) in [6.07, 6.45) is 8.23. The zero-order valence-corrected chi connectivity index (χ0v) is 14.8. The molecule has 132 valence electrons. The number of fused-ring (bicyclic) bond motifs is 1. The van der Waals surface area contributed by atoms with Crippen LogP contribution in [0, 0.1) is 0 Å². The van der Waals surface area contributed by atoms with Crippen molar-refractivity contribution in [1.29, 1.82) is 0 Å². The third kappa shape index (κ3) is 4.13. The first-order valence-corrected chi connectivity index (χ1v) is 9.57. The molecule has 0 bridgehead atoms. The van der Waals surface area contributed by atoms with Crippen molar-refractivity contribution >= 4 is 5.82 Å². The van der Waals surface area contributed by atoms with Crippen molar-refractivity contribution in [2.45, 2.75) is 32.1 Å². The minimum atomic E-state index is 0.794. The maximum atomic E-state index is 5.91. The van der Waals surface area contributed by atoms with Crippen molar-refractivity contribution in [3.8, 4) is 16.9 Å². The van der Waals surface area contributed by atoms with Crippen LogP contribution in [0.3, 0.4) is 0 Å². The van der Waals surface area contributed by atoms with Crippen LogP contribution in [-0.2, 0) is 6.42 Å². The van der Waals surface area contributed by atoms with E-state index in [1.165, 1.54) is 49.0 Å². The van der Waals surface area contributed by atoms with Gasteiger partial charge in [0.05, 0.1) is 6.61 Å². The summed E-state index contributed by atoms with van der Waals surface area (Å²) >= 11 is 0. The largest absolute Gasteiger partial charge is 0.494 e. The van der Waals surface area contributed by atoms with Crippen LogP contribution in [-0.4, -0.2) is 42.7 Å². The summed E-state index contributed by atoms with van der Waals surface area (Å²) in [5, 5.41) is 3.31. The van der Waals surface area contributed by atoms with Crippen molar-refractivity contribution in [3.05, 3.63) is 42.1 Å². The van der Waals surface area contributed by atoms with Gasteiger partial charge in [0, 0.05) is 24.8 Å². The van der Waals surface area contributed by atoms with E-state index in [2.05, 4.69) is 45.5 Å². The van der Waals surface area contributed by atoms with Crippen LogP contribution in [0.2, 0.25) is 0 Å². The van der Waals surface area contributed by atoms with Gasteiger partial charge in [-0.25, -0.2) is 4.98 Å². The first kappa shape index (κ1) is 16.4. The molecule has 0 saturated carbocycles. The van der Waals surface area contributed by atoms with Crippen molar-refractivity contribution in [2.24, 2.45) is 0 Å². The lowest BCUT2D eigenvalue weighted by Gasteiger charge is -2.26. The van der Waals surface area contributed by atoms with E-state index in [0.717, 1.165) is 44.1 Å².